The average molecular weight is 474 g/mol. The quantitative estimate of drug-likeness (QED) is 0.462. The highest BCUT2D eigenvalue weighted by Gasteiger charge is 2.26. The second-order valence-electron chi connectivity index (χ2n) is 8.08. The molecule has 1 aromatic carbocycles. The van der Waals surface area contributed by atoms with Crippen LogP contribution in [0.5, 0.6) is 11.5 Å². The Kier molecular flexibility index (Phi) is 5.41. The SMILES string of the molecule is Cc1nn(C)cc1-c1nc2ncc(Cl)c(Oc3ccc(N4CCNC[C@@H]4C)c(F)c3F)c2[nH]1. The van der Waals surface area contributed by atoms with Crippen LogP contribution in [0.2, 0.25) is 5.02 Å². The number of aromatic nitrogens is 5. The van der Waals surface area contributed by atoms with Gasteiger partial charge in [-0.3, -0.25) is 4.68 Å². The zero-order chi connectivity index (χ0) is 23.3. The molecule has 0 amide bonds. The molecule has 4 heterocycles. The number of hydrogen-bond donors (Lipinski definition) is 2. The summed E-state index contributed by atoms with van der Waals surface area (Å²) in [6, 6.07) is 2.97. The maximum atomic E-state index is 15.0. The Morgan fingerprint density at radius 3 is 2.79 bits per heavy atom. The number of imidazole rings is 1. The number of nitrogens with one attached hydrogen (secondary N) is 2. The van der Waals surface area contributed by atoms with Crippen molar-refractivity contribution in [1.82, 2.24) is 30.0 Å². The van der Waals surface area contributed by atoms with Gasteiger partial charge in [-0.1, -0.05) is 11.6 Å². The van der Waals surface area contributed by atoms with Gasteiger partial charge in [0.1, 0.15) is 16.4 Å². The smallest absolute Gasteiger partial charge is 0.203 e. The van der Waals surface area contributed by atoms with Crippen molar-refractivity contribution in [3.63, 3.8) is 0 Å². The molecule has 172 valence electrons. The van der Waals surface area contributed by atoms with Crippen LogP contribution in [-0.4, -0.2) is 50.4 Å². The van der Waals surface area contributed by atoms with Gasteiger partial charge in [0, 0.05) is 38.9 Å². The standard InChI is InChI=1S/C22H22ClF2N7O/c1-11-8-26-6-7-32(11)15-4-5-16(18(25)17(15)24)33-20-14(23)9-27-22-19(20)28-21(29-22)13-10-31(3)30-12(13)2/h4-5,9-11,26H,6-8H2,1-3H3,(H,27,28,29)/t11-/m0/s1. The highest BCUT2D eigenvalue weighted by atomic mass is 35.5. The first-order chi connectivity index (χ1) is 15.8. The summed E-state index contributed by atoms with van der Waals surface area (Å²) in [4.78, 5) is 13.7. The molecular weight excluding hydrogens is 452 g/mol. The molecule has 0 spiro atoms. The van der Waals surface area contributed by atoms with Crippen molar-refractivity contribution in [1.29, 1.82) is 0 Å². The van der Waals surface area contributed by atoms with E-state index in [9.17, 15) is 0 Å². The summed E-state index contributed by atoms with van der Waals surface area (Å²) in [7, 11) is 1.81. The minimum atomic E-state index is -1.08. The molecule has 0 bridgehead atoms. The van der Waals surface area contributed by atoms with Crippen LogP contribution in [0.3, 0.4) is 0 Å². The monoisotopic (exact) mass is 473 g/mol. The first-order valence-electron chi connectivity index (χ1n) is 10.5. The zero-order valence-corrected chi connectivity index (χ0v) is 19.0. The van der Waals surface area contributed by atoms with Crippen molar-refractivity contribution < 1.29 is 13.5 Å². The summed E-state index contributed by atoms with van der Waals surface area (Å²) in [6.07, 6.45) is 3.19. The minimum absolute atomic E-state index is 0.0352. The normalized spacial score (nSPS) is 16.5. The van der Waals surface area contributed by atoms with E-state index in [1.807, 2.05) is 32.0 Å². The number of ether oxygens (including phenoxy) is 1. The Hall–Kier alpha value is -3.24. The predicted octanol–water partition coefficient (Wildman–Crippen LogP) is 4.19. The van der Waals surface area contributed by atoms with Crippen LogP contribution < -0.4 is 15.0 Å². The lowest BCUT2D eigenvalue weighted by molar-refractivity contribution is 0.414. The molecule has 8 nitrogen and oxygen atoms in total. The van der Waals surface area contributed by atoms with Crippen molar-refractivity contribution in [2.45, 2.75) is 19.9 Å². The van der Waals surface area contributed by atoms with E-state index in [1.54, 1.807) is 4.68 Å². The minimum Gasteiger partial charge on any atom is -0.450 e. The number of H-pyrrole nitrogens is 1. The maximum Gasteiger partial charge on any atom is 0.203 e. The number of fused-ring (bicyclic) bond motifs is 1. The van der Waals surface area contributed by atoms with Gasteiger partial charge in [-0.25, -0.2) is 14.4 Å². The number of piperazine rings is 1. The molecule has 1 atom stereocenters. The maximum absolute atomic E-state index is 15.0. The molecule has 33 heavy (non-hydrogen) atoms. The van der Waals surface area contributed by atoms with Gasteiger partial charge in [-0.2, -0.15) is 9.49 Å². The van der Waals surface area contributed by atoms with Gasteiger partial charge in [0.05, 0.1) is 23.1 Å². The molecule has 5 rings (SSSR count). The Morgan fingerprint density at radius 1 is 1.24 bits per heavy atom. The lowest BCUT2D eigenvalue weighted by atomic mass is 10.1. The number of pyridine rings is 1. The fourth-order valence-electron chi connectivity index (χ4n) is 4.10. The van der Waals surface area contributed by atoms with Gasteiger partial charge in [-0.05, 0) is 26.0 Å². The Morgan fingerprint density at radius 2 is 2.06 bits per heavy atom. The molecular formula is C22H22ClF2N7O. The fraction of sp³-hybridized carbons (Fsp3) is 0.318. The molecule has 1 saturated heterocycles. The van der Waals surface area contributed by atoms with E-state index >= 15 is 8.78 Å². The second-order valence-corrected chi connectivity index (χ2v) is 8.49. The van der Waals surface area contributed by atoms with Gasteiger partial charge in [0.15, 0.2) is 23.0 Å². The van der Waals surface area contributed by atoms with E-state index in [0.717, 1.165) is 11.3 Å². The molecule has 3 aromatic heterocycles. The molecule has 4 aromatic rings. The third-order valence-electron chi connectivity index (χ3n) is 5.75. The lowest BCUT2D eigenvalue weighted by Crippen LogP contribution is -2.50. The number of halogens is 3. The van der Waals surface area contributed by atoms with Crippen molar-refractivity contribution >= 4 is 28.5 Å². The van der Waals surface area contributed by atoms with Crippen LogP contribution >= 0.6 is 11.6 Å². The summed E-state index contributed by atoms with van der Waals surface area (Å²) in [6.45, 7) is 5.80. The van der Waals surface area contributed by atoms with Crippen LogP contribution in [-0.2, 0) is 7.05 Å². The molecule has 1 fully saturated rings. The van der Waals surface area contributed by atoms with Crippen LogP contribution in [0.15, 0.2) is 24.5 Å². The zero-order valence-electron chi connectivity index (χ0n) is 18.3. The molecule has 0 unspecified atom stereocenters. The average Bonchev–Trinajstić information content (AvgIpc) is 3.36. The molecule has 0 radical (unpaired) electrons. The van der Waals surface area contributed by atoms with E-state index < -0.39 is 11.6 Å². The molecule has 0 aliphatic carbocycles. The molecule has 2 N–H and O–H groups in total. The van der Waals surface area contributed by atoms with Gasteiger partial charge in [0.25, 0.3) is 0 Å². The summed E-state index contributed by atoms with van der Waals surface area (Å²) < 4.78 is 37.5. The van der Waals surface area contributed by atoms with E-state index in [1.165, 1.54) is 18.3 Å². The molecule has 1 aliphatic rings. The van der Waals surface area contributed by atoms with Crippen molar-refractivity contribution in [2.24, 2.45) is 7.05 Å². The van der Waals surface area contributed by atoms with Gasteiger partial charge in [0.2, 0.25) is 5.82 Å². The number of rotatable bonds is 4. The van der Waals surface area contributed by atoms with Crippen LogP contribution in [0, 0.1) is 18.6 Å². The number of aromatic amines is 1. The van der Waals surface area contributed by atoms with Crippen molar-refractivity contribution in [3.05, 3.63) is 46.9 Å². The van der Waals surface area contributed by atoms with Crippen LogP contribution in [0.1, 0.15) is 12.6 Å². The van der Waals surface area contributed by atoms with Crippen molar-refractivity contribution in [3.8, 4) is 22.9 Å². The first-order valence-corrected chi connectivity index (χ1v) is 10.9. The summed E-state index contributed by atoms with van der Waals surface area (Å²) in [5.41, 5.74) is 2.47. The van der Waals surface area contributed by atoms with E-state index in [2.05, 4.69) is 25.4 Å². The summed E-state index contributed by atoms with van der Waals surface area (Å²) in [5.74, 6) is -1.68. The number of nitrogens with zero attached hydrogens (tertiary/aromatic N) is 5. The fourth-order valence-corrected chi connectivity index (χ4v) is 4.28. The highest BCUT2D eigenvalue weighted by molar-refractivity contribution is 6.32. The first kappa shape index (κ1) is 21.6. The van der Waals surface area contributed by atoms with E-state index in [-0.39, 0.29) is 28.3 Å². The number of anilines is 1. The number of aryl methyl sites for hydroxylation is 2. The van der Waals surface area contributed by atoms with E-state index in [0.29, 0.717) is 36.6 Å². The Bertz CT molecular complexity index is 1350. The summed E-state index contributed by atoms with van der Waals surface area (Å²) >= 11 is 6.32. The topological polar surface area (TPSA) is 83.9 Å². The van der Waals surface area contributed by atoms with Gasteiger partial charge < -0.3 is 19.9 Å². The number of benzene rings is 1. The number of hydrogen-bond acceptors (Lipinski definition) is 6. The van der Waals surface area contributed by atoms with Gasteiger partial charge >= 0.3 is 0 Å². The highest BCUT2D eigenvalue weighted by Crippen LogP contribution is 2.38. The predicted molar refractivity (Wildman–Crippen MR) is 122 cm³/mol. The third-order valence-corrected chi connectivity index (χ3v) is 6.02. The Balaban J connectivity index is 1.53. The lowest BCUT2D eigenvalue weighted by Gasteiger charge is -2.36. The van der Waals surface area contributed by atoms with E-state index in [4.69, 9.17) is 16.3 Å². The largest absolute Gasteiger partial charge is 0.450 e. The second kappa shape index (κ2) is 8.27. The Labute approximate surface area is 193 Å². The van der Waals surface area contributed by atoms with Gasteiger partial charge in [-0.15, -0.1) is 0 Å². The van der Waals surface area contributed by atoms with Crippen molar-refractivity contribution in [2.75, 3.05) is 24.5 Å². The van der Waals surface area contributed by atoms with Crippen LogP contribution in [0.4, 0.5) is 14.5 Å². The molecule has 1 aliphatic heterocycles. The van der Waals surface area contributed by atoms with Crippen LogP contribution in [0.25, 0.3) is 22.6 Å². The molecule has 0 saturated carbocycles. The third kappa shape index (κ3) is 3.79. The summed E-state index contributed by atoms with van der Waals surface area (Å²) in [5, 5.41) is 7.69. The molecule has 11 heteroatoms.